The minimum Gasteiger partial charge on any atom is -0.396 e. The minimum absolute atomic E-state index is 0.0976. The van der Waals surface area contributed by atoms with Crippen molar-refractivity contribution in [1.29, 1.82) is 0 Å². The number of hydrogen-bond acceptors (Lipinski definition) is 9. The normalized spacial score (nSPS) is 19.8. The third kappa shape index (κ3) is 9.04. The van der Waals surface area contributed by atoms with Gasteiger partial charge in [0.2, 0.25) is 17.7 Å². The van der Waals surface area contributed by atoms with Gasteiger partial charge < -0.3 is 26.4 Å². The predicted octanol–water partition coefficient (Wildman–Crippen LogP) is 1.07. The van der Waals surface area contributed by atoms with Crippen molar-refractivity contribution in [3.05, 3.63) is 11.6 Å². The summed E-state index contributed by atoms with van der Waals surface area (Å²) >= 11 is 1.19. The van der Waals surface area contributed by atoms with E-state index in [1.54, 1.807) is 10.3 Å². The van der Waals surface area contributed by atoms with Crippen LogP contribution in [-0.4, -0.2) is 71.3 Å². The smallest absolute Gasteiger partial charge is 0.335 e. The third-order valence-electron chi connectivity index (χ3n) is 7.10. The van der Waals surface area contributed by atoms with E-state index in [2.05, 4.69) is 15.6 Å². The maximum Gasteiger partial charge on any atom is 0.335 e. The number of carbonyl (C=O) groups excluding carboxylic acids is 4. The molecule has 2 aliphatic rings. The maximum absolute atomic E-state index is 13.6. The van der Waals surface area contributed by atoms with Crippen LogP contribution in [0.15, 0.2) is 11.6 Å². The van der Waals surface area contributed by atoms with E-state index in [1.165, 1.54) is 24.0 Å². The average molecular weight is 537 g/mol. The van der Waals surface area contributed by atoms with Crippen LogP contribution in [0.2, 0.25) is 0 Å². The van der Waals surface area contributed by atoms with Gasteiger partial charge in [0.25, 0.3) is 5.19 Å². The fraction of sp³-hybridized carbons (Fsp3) is 0.720. The molecule has 3 atom stereocenters. The van der Waals surface area contributed by atoms with Gasteiger partial charge in [0.05, 0.1) is 12.6 Å². The Hall–Kier alpha value is -2.57. The Morgan fingerprint density at radius 2 is 1.89 bits per heavy atom. The van der Waals surface area contributed by atoms with Gasteiger partial charge in [-0.1, -0.05) is 43.4 Å². The second-order valence-corrected chi connectivity index (χ2v) is 10.8. The second kappa shape index (κ2) is 15.0. The highest BCUT2D eigenvalue weighted by molar-refractivity contribution is 7.11. The largest absolute Gasteiger partial charge is 0.396 e. The van der Waals surface area contributed by atoms with Crippen LogP contribution in [0, 0.1) is 5.92 Å². The minimum atomic E-state index is -0.869. The summed E-state index contributed by atoms with van der Waals surface area (Å²) in [5.41, 5.74) is 10.9. The molecule has 11 nitrogen and oxygen atoms in total. The molecule has 1 saturated carbocycles. The van der Waals surface area contributed by atoms with Gasteiger partial charge in [0.1, 0.15) is 12.1 Å². The zero-order chi connectivity index (χ0) is 26.6. The molecule has 2 heterocycles. The van der Waals surface area contributed by atoms with Crippen molar-refractivity contribution in [2.24, 2.45) is 17.4 Å². The number of rotatable bonds is 14. The fourth-order valence-electron chi connectivity index (χ4n) is 5.18. The quantitative estimate of drug-likeness (QED) is 0.202. The molecular formula is C25H40N6O5S. The van der Waals surface area contributed by atoms with E-state index in [0.29, 0.717) is 57.5 Å². The number of aromatic nitrogens is 1. The zero-order valence-electron chi connectivity index (χ0n) is 21.4. The van der Waals surface area contributed by atoms with Crippen LogP contribution in [0.25, 0.3) is 0 Å². The summed E-state index contributed by atoms with van der Waals surface area (Å²) in [6, 6.07) is -2.15. The molecule has 0 spiro atoms. The summed E-state index contributed by atoms with van der Waals surface area (Å²) in [4.78, 5) is 56.8. The molecule has 3 rings (SSSR count). The first-order valence-electron chi connectivity index (χ1n) is 13.3. The van der Waals surface area contributed by atoms with Crippen molar-refractivity contribution in [3.63, 3.8) is 0 Å². The molecule has 1 saturated heterocycles. The van der Waals surface area contributed by atoms with Crippen LogP contribution in [0.4, 0.5) is 0 Å². The molecule has 1 aromatic rings. The highest BCUT2D eigenvalue weighted by Gasteiger charge is 2.39. The Morgan fingerprint density at radius 3 is 2.57 bits per heavy atom. The summed E-state index contributed by atoms with van der Waals surface area (Å²) < 4.78 is 5.35. The summed E-state index contributed by atoms with van der Waals surface area (Å²) in [5.74, 6) is -1.31. The number of thiazole rings is 1. The molecule has 3 amide bonds. The summed E-state index contributed by atoms with van der Waals surface area (Å²) in [5, 5.41) is 7.76. The van der Waals surface area contributed by atoms with E-state index in [9.17, 15) is 19.2 Å². The summed E-state index contributed by atoms with van der Waals surface area (Å²) in [6.45, 7) is 0.825. The molecule has 1 aliphatic heterocycles. The number of hydrogen-bond donors (Lipinski definition) is 4. The number of likely N-dealkylation sites (tertiary alicyclic amines) is 1. The van der Waals surface area contributed by atoms with Crippen molar-refractivity contribution in [2.75, 3.05) is 19.6 Å². The number of primary amides is 1. The number of nitrogens with two attached hydrogens (primary N) is 2. The highest BCUT2D eigenvalue weighted by atomic mass is 32.1. The standard InChI is InChI=1S/C25H40N6O5S/c26-11-5-4-9-18(24(35)36-25-28-12-14-37-25)30-22(33)20-10-6-13-31(20)23(34)19(29-16-21(27)32)15-17-7-2-1-3-8-17/h12,14,17-20,29H,1-11,13,15-16,26H2,(H2,27,32)(H,30,33)/t18-,19?,20-/m0/s1. The number of carbonyl (C=O) groups is 4. The van der Waals surface area contributed by atoms with E-state index < -0.39 is 30.0 Å². The Kier molecular flexibility index (Phi) is 11.7. The van der Waals surface area contributed by atoms with Crippen molar-refractivity contribution in [3.8, 4) is 5.19 Å². The van der Waals surface area contributed by atoms with Crippen LogP contribution in [-0.2, 0) is 19.2 Å². The number of unbranched alkanes of at least 4 members (excludes halogenated alkanes) is 1. The van der Waals surface area contributed by atoms with Crippen molar-refractivity contribution in [1.82, 2.24) is 20.5 Å². The Balaban J connectivity index is 1.67. The molecule has 37 heavy (non-hydrogen) atoms. The molecule has 0 aromatic carbocycles. The van der Waals surface area contributed by atoms with Gasteiger partial charge in [0, 0.05) is 18.1 Å². The lowest BCUT2D eigenvalue weighted by molar-refractivity contribution is -0.143. The maximum atomic E-state index is 13.6. The Labute approximate surface area is 222 Å². The summed E-state index contributed by atoms with van der Waals surface area (Å²) in [6.07, 6.45) is 10.6. The average Bonchev–Trinajstić information content (AvgIpc) is 3.58. The van der Waals surface area contributed by atoms with E-state index >= 15 is 0 Å². The van der Waals surface area contributed by atoms with E-state index in [4.69, 9.17) is 16.2 Å². The van der Waals surface area contributed by atoms with Crippen molar-refractivity contribution < 1.29 is 23.9 Å². The fourth-order valence-corrected chi connectivity index (χ4v) is 5.67. The summed E-state index contributed by atoms with van der Waals surface area (Å²) in [7, 11) is 0. The van der Waals surface area contributed by atoms with Gasteiger partial charge in [0.15, 0.2) is 0 Å². The first-order chi connectivity index (χ1) is 17.9. The molecule has 0 bridgehead atoms. The molecule has 1 aromatic heterocycles. The van der Waals surface area contributed by atoms with E-state index in [1.807, 2.05) is 0 Å². The number of esters is 1. The molecule has 206 valence electrons. The predicted molar refractivity (Wildman–Crippen MR) is 139 cm³/mol. The Morgan fingerprint density at radius 1 is 1.11 bits per heavy atom. The zero-order valence-corrected chi connectivity index (χ0v) is 22.2. The first-order valence-corrected chi connectivity index (χ1v) is 14.2. The number of nitrogens with one attached hydrogen (secondary N) is 2. The molecular weight excluding hydrogens is 496 g/mol. The van der Waals surface area contributed by atoms with Crippen LogP contribution in [0.3, 0.4) is 0 Å². The lowest BCUT2D eigenvalue weighted by atomic mass is 9.84. The molecule has 2 fully saturated rings. The van der Waals surface area contributed by atoms with E-state index in [0.717, 1.165) is 25.7 Å². The highest BCUT2D eigenvalue weighted by Crippen LogP contribution is 2.29. The van der Waals surface area contributed by atoms with Gasteiger partial charge in [-0.15, -0.1) is 0 Å². The Bertz CT molecular complexity index is 892. The molecule has 1 unspecified atom stereocenters. The lowest BCUT2D eigenvalue weighted by Crippen LogP contribution is -2.56. The van der Waals surface area contributed by atoms with Gasteiger partial charge in [-0.25, -0.2) is 9.78 Å². The van der Waals surface area contributed by atoms with Crippen LogP contribution in [0.1, 0.15) is 70.6 Å². The third-order valence-corrected chi connectivity index (χ3v) is 7.75. The van der Waals surface area contributed by atoms with Crippen LogP contribution in [0.5, 0.6) is 5.19 Å². The first kappa shape index (κ1) is 29.0. The molecule has 12 heteroatoms. The van der Waals surface area contributed by atoms with Crippen molar-refractivity contribution in [2.45, 2.75) is 88.8 Å². The number of ether oxygens (including phenoxy) is 1. The van der Waals surface area contributed by atoms with Gasteiger partial charge >= 0.3 is 5.97 Å². The monoisotopic (exact) mass is 536 g/mol. The molecule has 1 aliphatic carbocycles. The van der Waals surface area contributed by atoms with Gasteiger partial charge in [-0.3, -0.25) is 19.7 Å². The lowest BCUT2D eigenvalue weighted by Gasteiger charge is -2.32. The SMILES string of the molecule is NCCCC[C@H](NC(=O)[C@@H]1CCCN1C(=O)C(CC1CCCCC1)NCC(N)=O)C(=O)Oc1nccs1. The van der Waals surface area contributed by atoms with Gasteiger partial charge in [-0.2, -0.15) is 0 Å². The number of amides is 3. The number of nitrogens with zero attached hydrogens (tertiary/aromatic N) is 2. The van der Waals surface area contributed by atoms with Crippen LogP contribution < -0.4 is 26.8 Å². The second-order valence-electron chi connectivity index (χ2n) is 9.89. The van der Waals surface area contributed by atoms with Crippen molar-refractivity contribution >= 4 is 35.0 Å². The van der Waals surface area contributed by atoms with Crippen LogP contribution >= 0.6 is 11.3 Å². The topological polar surface area (TPSA) is 170 Å². The molecule has 0 radical (unpaired) electrons. The van der Waals surface area contributed by atoms with E-state index in [-0.39, 0.29) is 23.6 Å². The molecule has 6 N–H and O–H groups in total. The van der Waals surface area contributed by atoms with Gasteiger partial charge in [-0.05, 0) is 51.0 Å².